The SMILES string of the molecule is CCCCCCC[C@H]1CC[C@H](CCc2ccc(OCC)c(F)c2)CC1. The Hall–Kier alpha value is -1.05. The van der Waals surface area contributed by atoms with Gasteiger partial charge in [0, 0.05) is 0 Å². The molecule has 0 aliphatic heterocycles. The highest BCUT2D eigenvalue weighted by molar-refractivity contribution is 5.29. The zero-order valence-electron chi connectivity index (χ0n) is 16.4. The van der Waals surface area contributed by atoms with Crippen LogP contribution in [0.5, 0.6) is 5.75 Å². The molecule has 2 heteroatoms. The number of aryl methyl sites for hydroxylation is 1. The number of halogens is 1. The summed E-state index contributed by atoms with van der Waals surface area (Å²) in [5, 5.41) is 0. The highest BCUT2D eigenvalue weighted by Gasteiger charge is 2.20. The Labute approximate surface area is 154 Å². The van der Waals surface area contributed by atoms with Gasteiger partial charge in [-0.15, -0.1) is 0 Å². The standard InChI is InChI=1S/C23H37FO/c1-3-5-6-7-8-9-19-10-12-20(13-11-19)14-15-21-16-17-23(25-4-2)22(24)18-21/h16-20H,3-15H2,1-2H3/t19-,20-. The van der Waals surface area contributed by atoms with Crippen LogP contribution >= 0.6 is 0 Å². The lowest BCUT2D eigenvalue weighted by atomic mass is 9.77. The average molecular weight is 349 g/mol. The van der Waals surface area contributed by atoms with Gasteiger partial charge in [-0.05, 0) is 49.3 Å². The summed E-state index contributed by atoms with van der Waals surface area (Å²) in [6, 6.07) is 5.46. The van der Waals surface area contributed by atoms with Crippen molar-refractivity contribution in [3.63, 3.8) is 0 Å². The van der Waals surface area contributed by atoms with E-state index >= 15 is 0 Å². The van der Waals surface area contributed by atoms with E-state index < -0.39 is 0 Å². The molecule has 0 amide bonds. The number of unbranched alkanes of at least 4 members (excludes halogenated alkanes) is 4. The second kappa shape index (κ2) is 11.5. The van der Waals surface area contributed by atoms with Gasteiger partial charge in [-0.1, -0.05) is 77.2 Å². The van der Waals surface area contributed by atoms with E-state index in [1.807, 2.05) is 13.0 Å². The van der Waals surface area contributed by atoms with Gasteiger partial charge in [-0.25, -0.2) is 4.39 Å². The summed E-state index contributed by atoms with van der Waals surface area (Å²) in [5.74, 6) is 1.98. The van der Waals surface area contributed by atoms with Crippen molar-refractivity contribution in [2.45, 2.75) is 90.9 Å². The molecule has 0 atom stereocenters. The van der Waals surface area contributed by atoms with E-state index in [-0.39, 0.29) is 5.82 Å². The molecule has 1 aromatic rings. The van der Waals surface area contributed by atoms with E-state index in [0.29, 0.717) is 12.4 Å². The van der Waals surface area contributed by atoms with Crippen LogP contribution in [0.15, 0.2) is 18.2 Å². The molecule has 0 spiro atoms. The third kappa shape index (κ3) is 7.38. The molecule has 142 valence electrons. The first-order valence-electron chi connectivity index (χ1n) is 10.6. The number of rotatable bonds is 11. The largest absolute Gasteiger partial charge is 0.491 e. The Kier molecular flexibility index (Phi) is 9.36. The first-order valence-corrected chi connectivity index (χ1v) is 10.6. The fourth-order valence-corrected chi connectivity index (χ4v) is 4.19. The summed E-state index contributed by atoms with van der Waals surface area (Å²) in [4.78, 5) is 0. The molecule has 1 aromatic carbocycles. The van der Waals surface area contributed by atoms with Gasteiger partial charge in [0.25, 0.3) is 0 Å². The summed E-state index contributed by atoms with van der Waals surface area (Å²) in [6.07, 6.45) is 16.2. The van der Waals surface area contributed by atoms with Crippen LogP contribution in [0.3, 0.4) is 0 Å². The second-order valence-corrected chi connectivity index (χ2v) is 7.83. The predicted molar refractivity (Wildman–Crippen MR) is 105 cm³/mol. The molecule has 0 heterocycles. The van der Waals surface area contributed by atoms with Gasteiger partial charge in [0.15, 0.2) is 11.6 Å². The van der Waals surface area contributed by atoms with Crippen LogP contribution in [0.4, 0.5) is 4.39 Å². The molecule has 0 saturated heterocycles. The Bertz CT molecular complexity index is 477. The quantitative estimate of drug-likeness (QED) is 0.380. The lowest BCUT2D eigenvalue weighted by Crippen LogP contribution is -2.15. The summed E-state index contributed by atoms with van der Waals surface area (Å²) in [5.41, 5.74) is 1.11. The number of hydrogen-bond acceptors (Lipinski definition) is 1. The Morgan fingerprint density at radius 3 is 2.24 bits per heavy atom. The normalized spacial score (nSPS) is 20.6. The first-order chi connectivity index (χ1) is 12.2. The van der Waals surface area contributed by atoms with Gasteiger partial charge in [-0.3, -0.25) is 0 Å². The van der Waals surface area contributed by atoms with Crippen LogP contribution in [0.1, 0.15) is 90.0 Å². The van der Waals surface area contributed by atoms with Gasteiger partial charge in [-0.2, -0.15) is 0 Å². The van der Waals surface area contributed by atoms with Crippen LogP contribution in [0.25, 0.3) is 0 Å². The minimum atomic E-state index is -0.217. The molecule has 0 radical (unpaired) electrons. The Morgan fingerprint density at radius 2 is 1.60 bits per heavy atom. The van der Waals surface area contributed by atoms with Gasteiger partial charge in [0.1, 0.15) is 0 Å². The first kappa shape index (κ1) is 20.3. The van der Waals surface area contributed by atoms with E-state index in [0.717, 1.165) is 23.8 Å². The summed E-state index contributed by atoms with van der Waals surface area (Å²) < 4.78 is 19.2. The van der Waals surface area contributed by atoms with E-state index in [1.165, 1.54) is 70.6 Å². The van der Waals surface area contributed by atoms with Crippen molar-refractivity contribution >= 4 is 0 Å². The molecule has 2 rings (SSSR count). The lowest BCUT2D eigenvalue weighted by molar-refractivity contribution is 0.248. The second-order valence-electron chi connectivity index (χ2n) is 7.83. The van der Waals surface area contributed by atoms with E-state index in [2.05, 4.69) is 6.92 Å². The number of benzene rings is 1. The van der Waals surface area contributed by atoms with E-state index in [4.69, 9.17) is 4.74 Å². The predicted octanol–water partition coefficient (Wildman–Crippen LogP) is 7.32. The lowest BCUT2D eigenvalue weighted by Gasteiger charge is -2.28. The van der Waals surface area contributed by atoms with E-state index in [1.54, 1.807) is 12.1 Å². The molecule has 0 N–H and O–H groups in total. The maximum atomic E-state index is 13.9. The molecule has 1 nitrogen and oxygen atoms in total. The summed E-state index contributed by atoms with van der Waals surface area (Å²) >= 11 is 0. The van der Waals surface area contributed by atoms with Crippen molar-refractivity contribution in [3.05, 3.63) is 29.6 Å². The maximum Gasteiger partial charge on any atom is 0.165 e. The molecule has 0 aromatic heterocycles. The van der Waals surface area contributed by atoms with E-state index in [9.17, 15) is 4.39 Å². The fraction of sp³-hybridized carbons (Fsp3) is 0.739. The fourth-order valence-electron chi connectivity index (χ4n) is 4.19. The third-order valence-corrected chi connectivity index (χ3v) is 5.82. The Morgan fingerprint density at radius 1 is 0.920 bits per heavy atom. The minimum absolute atomic E-state index is 0.217. The van der Waals surface area contributed by atoms with Crippen molar-refractivity contribution < 1.29 is 9.13 Å². The molecular weight excluding hydrogens is 311 g/mol. The van der Waals surface area contributed by atoms with Gasteiger partial charge in [0.05, 0.1) is 6.61 Å². The van der Waals surface area contributed by atoms with Crippen LogP contribution < -0.4 is 4.74 Å². The Balaban J connectivity index is 1.63. The molecule has 0 bridgehead atoms. The monoisotopic (exact) mass is 348 g/mol. The van der Waals surface area contributed by atoms with Crippen LogP contribution in [-0.4, -0.2) is 6.61 Å². The van der Waals surface area contributed by atoms with Gasteiger partial charge < -0.3 is 4.74 Å². The van der Waals surface area contributed by atoms with Crippen LogP contribution in [0, 0.1) is 17.7 Å². The number of ether oxygens (including phenoxy) is 1. The molecule has 25 heavy (non-hydrogen) atoms. The minimum Gasteiger partial charge on any atom is -0.491 e. The van der Waals surface area contributed by atoms with Crippen molar-refractivity contribution in [2.75, 3.05) is 6.61 Å². The zero-order valence-corrected chi connectivity index (χ0v) is 16.4. The molecule has 1 saturated carbocycles. The van der Waals surface area contributed by atoms with Crippen molar-refractivity contribution in [3.8, 4) is 5.75 Å². The van der Waals surface area contributed by atoms with Crippen molar-refractivity contribution in [2.24, 2.45) is 11.8 Å². The van der Waals surface area contributed by atoms with Crippen molar-refractivity contribution in [1.29, 1.82) is 0 Å². The van der Waals surface area contributed by atoms with Crippen LogP contribution in [0.2, 0.25) is 0 Å². The molecule has 0 unspecified atom stereocenters. The van der Waals surface area contributed by atoms with Crippen LogP contribution in [-0.2, 0) is 6.42 Å². The smallest absolute Gasteiger partial charge is 0.165 e. The highest BCUT2D eigenvalue weighted by atomic mass is 19.1. The molecule has 1 aliphatic rings. The van der Waals surface area contributed by atoms with Gasteiger partial charge >= 0.3 is 0 Å². The summed E-state index contributed by atoms with van der Waals surface area (Å²) in [7, 11) is 0. The third-order valence-electron chi connectivity index (χ3n) is 5.82. The molecule has 1 fully saturated rings. The highest BCUT2D eigenvalue weighted by Crippen LogP contribution is 2.34. The van der Waals surface area contributed by atoms with Crippen molar-refractivity contribution in [1.82, 2.24) is 0 Å². The summed E-state index contributed by atoms with van der Waals surface area (Å²) in [6.45, 7) is 4.68. The number of hydrogen-bond donors (Lipinski definition) is 0. The average Bonchev–Trinajstić information content (AvgIpc) is 2.63. The molecule has 1 aliphatic carbocycles. The zero-order chi connectivity index (χ0) is 17.9. The topological polar surface area (TPSA) is 9.23 Å². The molecular formula is C23H37FO. The van der Waals surface area contributed by atoms with Gasteiger partial charge in [0.2, 0.25) is 0 Å². The maximum absolute atomic E-state index is 13.9.